The van der Waals surface area contributed by atoms with E-state index in [-0.39, 0.29) is 12.2 Å². The highest BCUT2D eigenvalue weighted by Crippen LogP contribution is 2.54. The molecule has 2 saturated heterocycles. The topological polar surface area (TPSA) is 76.8 Å². The Labute approximate surface area is 179 Å². The van der Waals surface area contributed by atoms with Crippen LogP contribution in [0.5, 0.6) is 0 Å². The molecular weight excluding hydrogens is 582 g/mol. The van der Waals surface area contributed by atoms with E-state index in [2.05, 4.69) is 55.1 Å². The Morgan fingerprint density at radius 1 is 1.23 bits per heavy atom. The van der Waals surface area contributed by atoms with Gasteiger partial charge in [0.15, 0.2) is 13.7 Å². The van der Waals surface area contributed by atoms with E-state index in [1.165, 1.54) is 6.26 Å². The summed E-state index contributed by atoms with van der Waals surface area (Å²) in [6, 6.07) is 1.99. The molecule has 0 radical (unpaired) electrons. The normalized spacial score (nSPS) is 27.3. The van der Waals surface area contributed by atoms with Gasteiger partial charge in [0.05, 0.1) is 17.0 Å². The molecule has 0 amide bonds. The number of anilines is 1. The highest BCUT2D eigenvalue weighted by molar-refractivity contribution is 14.1. The Kier molecular flexibility index (Phi) is 4.05. The molecule has 7 nitrogen and oxygen atoms in total. The van der Waals surface area contributed by atoms with Crippen molar-refractivity contribution >= 4 is 66.4 Å². The second-order valence-electron chi connectivity index (χ2n) is 7.48. The second-order valence-corrected chi connectivity index (χ2v) is 11.8. The molecule has 2 bridgehead atoms. The minimum absolute atomic E-state index is 0.251. The number of nitrogens with zero attached hydrogens (tertiary/aromatic N) is 4. The van der Waals surface area contributed by atoms with Crippen molar-refractivity contribution < 1.29 is 13.2 Å². The van der Waals surface area contributed by atoms with E-state index in [0.717, 1.165) is 50.4 Å². The van der Waals surface area contributed by atoms with Crippen LogP contribution < -0.4 is 4.90 Å². The van der Waals surface area contributed by atoms with Crippen LogP contribution in [0.2, 0.25) is 0 Å². The number of halogens is 2. The molecule has 140 valence electrons. The van der Waals surface area contributed by atoms with Gasteiger partial charge in [0, 0.05) is 47.5 Å². The van der Waals surface area contributed by atoms with Crippen LogP contribution in [0.15, 0.2) is 6.07 Å². The zero-order valence-electron chi connectivity index (χ0n) is 14.2. The van der Waals surface area contributed by atoms with Crippen LogP contribution in [0, 0.1) is 7.53 Å². The lowest BCUT2D eigenvalue weighted by atomic mass is 10.1. The quantitative estimate of drug-likeness (QED) is 0.504. The largest absolute Gasteiger partial charge is 0.371 e. The Morgan fingerprint density at radius 2 is 1.88 bits per heavy atom. The summed E-state index contributed by atoms with van der Waals surface area (Å²) in [5.74, 6) is 0.828. The van der Waals surface area contributed by atoms with Crippen molar-refractivity contribution in [2.24, 2.45) is 0 Å². The Morgan fingerprint density at radius 3 is 2.46 bits per heavy atom. The van der Waals surface area contributed by atoms with Gasteiger partial charge in [-0.1, -0.05) is 0 Å². The molecule has 5 rings (SSSR count). The third-order valence-corrected chi connectivity index (χ3v) is 9.27. The highest BCUT2D eigenvalue weighted by atomic mass is 127. The molecule has 4 heterocycles. The molecule has 2 atom stereocenters. The molecular formula is C16H18I2N4O3S. The van der Waals surface area contributed by atoms with Crippen molar-refractivity contribution in [3.8, 4) is 0 Å². The maximum absolute atomic E-state index is 12.6. The summed E-state index contributed by atoms with van der Waals surface area (Å²) in [4.78, 5) is 6.78. The van der Waals surface area contributed by atoms with Gasteiger partial charge in [-0.05, 0) is 54.3 Å². The zero-order valence-corrected chi connectivity index (χ0v) is 19.3. The summed E-state index contributed by atoms with van der Waals surface area (Å²) in [5.41, 5.74) is 1.68. The van der Waals surface area contributed by atoms with Gasteiger partial charge >= 0.3 is 0 Å². The van der Waals surface area contributed by atoms with Crippen molar-refractivity contribution in [2.75, 3.05) is 24.2 Å². The molecule has 0 N–H and O–H groups in total. The maximum Gasteiger partial charge on any atom is 0.193 e. The average molecular weight is 600 g/mol. The summed E-state index contributed by atoms with van der Waals surface area (Å²) < 4.78 is 33.7. The lowest BCUT2D eigenvalue weighted by Gasteiger charge is -2.33. The van der Waals surface area contributed by atoms with Crippen LogP contribution in [-0.2, 0) is 19.3 Å². The van der Waals surface area contributed by atoms with Crippen LogP contribution in [0.1, 0.15) is 31.2 Å². The summed E-state index contributed by atoms with van der Waals surface area (Å²) in [7, 11) is -3.22. The summed E-state index contributed by atoms with van der Waals surface area (Å²) >= 11 is 4.34. The van der Waals surface area contributed by atoms with Gasteiger partial charge < -0.3 is 9.64 Å². The van der Waals surface area contributed by atoms with Crippen LogP contribution >= 0.6 is 45.2 Å². The van der Waals surface area contributed by atoms with Crippen molar-refractivity contribution in [1.29, 1.82) is 0 Å². The first-order valence-electron chi connectivity index (χ1n) is 8.64. The highest BCUT2D eigenvalue weighted by Gasteiger charge is 2.55. The molecule has 3 fully saturated rings. The van der Waals surface area contributed by atoms with Crippen LogP contribution in [0.4, 0.5) is 5.82 Å². The molecule has 1 aliphatic carbocycles. The van der Waals surface area contributed by atoms with Crippen LogP contribution in [0.25, 0.3) is 5.52 Å². The first-order chi connectivity index (χ1) is 12.3. The van der Waals surface area contributed by atoms with Gasteiger partial charge in [0.1, 0.15) is 15.0 Å². The zero-order chi connectivity index (χ0) is 18.3. The number of aromatic nitrogens is 3. The fourth-order valence-corrected chi connectivity index (χ4v) is 7.46. The van der Waals surface area contributed by atoms with Gasteiger partial charge in [0.25, 0.3) is 0 Å². The molecule has 10 heteroatoms. The van der Waals surface area contributed by atoms with Gasteiger partial charge in [-0.3, -0.25) is 0 Å². The Bertz CT molecular complexity index is 1010. The predicted molar refractivity (Wildman–Crippen MR) is 114 cm³/mol. The van der Waals surface area contributed by atoms with Crippen molar-refractivity contribution in [1.82, 2.24) is 14.6 Å². The predicted octanol–water partition coefficient (Wildman–Crippen LogP) is 2.34. The van der Waals surface area contributed by atoms with Crippen molar-refractivity contribution in [3.63, 3.8) is 0 Å². The summed E-state index contributed by atoms with van der Waals surface area (Å²) in [6.45, 7) is 1.62. The number of morpholine rings is 1. The van der Waals surface area contributed by atoms with E-state index >= 15 is 0 Å². The smallest absolute Gasteiger partial charge is 0.193 e. The van der Waals surface area contributed by atoms with Gasteiger partial charge in [0.2, 0.25) is 0 Å². The van der Waals surface area contributed by atoms with E-state index in [9.17, 15) is 8.42 Å². The number of hydrogen-bond acceptors (Lipinski definition) is 6. The third-order valence-electron chi connectivity index (χ3n) is 5.78. The third kappa shape index (κ3) is 2.61. The fourth-order valence-electron chi connectivity index (χ4n) is 4.26. The lowest BCUT2D eigenvalue weighted by Crippen LogP contribution is -2.43. The number of hydrogen-bond donors (Lipinski definition) is 0. The average Bonchev–Trinajstić information content (AvgIpc) is 3.27. The van der Waals surface area contributed by atoms with Gasteiger partial charge in [-0.15, -0.1) is 5.10 Å². The minimum atomic E-state index is -3.22. The molecule has 2 aromatic rings. The fraction of sp³-hybridized carbons (Fsp3) is 0.625. The molecule has 3 aliphatic rings. The maximum atomic E-state index is 12.6. The first-order valence-corrected chi connectivity index (χ1v) is 12.7. The lowest BCUT2D eigenvalue weighted by molar-refractivity contribution is 0.0301. The van der Waals surface area contributed by atoms with Crippen LogP contribution in [0.3, 0.4) is 0 Å². The van der Waals surface area contributed by atoms with E-state index in [0.29, 0.717) is 12.8 Å². The van der Waals surface area contributed by atoms with Gasteiger partial charge in [-0.25, -0.2) is 17.9 Å². The number of sulfone groups is 1. The molecule has 2 aliphatic heterocycles. The number of ether oxygens (including phenoxy) is 1. The van der Waals surface area contributed by atoms with E-state index in [1.807, 2.05) is 10.6 Å². The van der Waals surface area contributed by atoms with Crippen LogP contribution in [-0.4, -0.2) is 54.6 Å². The summed E-state index contributed by atoms with van der Waals surface area (Å²) in [6.07, 6.45) is 5.35. The van der Waals surface area contributed by atoms with Crippen molar-refractivity contribution in [3.05, 3.63) is 19.2 Å². The van der Waals surface area contributed by atoms with Gasteiger partial charge in [-0.2, -0.15) is 0 Å². The number of rotatable bonds is 3. The first kappa shape index (κ1) is 17.9. The Hall–Kier alpha value is -0.210. The number of imidazole rings is 1. The van der Waals surface area contributed by atoms with E-state index in [4.69, 9.17) is 9.84 Å². The van der Waals surface area contributed by atoms with E-state index in [1.54, 1.807) is 0 Å². The molecule has 1 saturated carbocycles. The number of fused-ring (bicyclic) bond motifs is 3. The summed E-state index contributed by atoms with van der Waals surface area (Å²) in [5, 5.41) is 4.82. The Balaban J connectivity index is 1.71. The van der Waals surface area contributed by atoms with E-state index < -0.39 is 14.6 Å². The van der Waals surface area contributed by atoms with Crippen molar-refractivity contribution in [2.45, 2.75) is 42.6 Å². The second kappa shape index (κ2) is 5.89. The SMILES string of the molecule is CS(=O)(=O)C1(c2cc(N3CC4CCC(C3)O4)nn3c(I)nc(I)c23)CC1. The monoisotopic (exact) mass is 600 g/mol. The minimum Gasteiger partial charge on any atom is -0.371 e. The standard InChI is InChI=1S/C16H18I2N4O3S/c1-26(23,24)16(4-5-16)11-6-12(20-22-13(11)14(17)19-15(22)18)21-7-9-2-3-10(8-21)25-9/h6,9-10H,2-5,7-8H2,1H3. The molecule has 0 aromatic carbocycles. The molecule has 2 unspecified atom stereocenters. The molecule has 2 aromatic heterocycles. The molecule has 26 heavy (non-hydrogen) atoms. The molecule has 0 spiro atoms.